The Morgan fingerprint density at radius 1 is 1.18 bits per heavy atom. The van der Waals surface area contributed by atoms with Gasteiger partial charge in [0.1, 0.15) is 10.6 Å². The molecule has 1 N–H and O–H groups in total. The Morgan fingerprint density at radius 3 is 2.36 bits per heavy atom. The van der Waals surface area contributed by atoms with E-state index < -0.39 is 5.97 Å². The molecule has 0 bridgehead atoms. The van der Waals surface area contributed by atoms with E-state index in [4.69, 9.17) is 4.74 Å². The Balaban J connectivity index is 2.59. The highest BCUT2D eigenvalue weighted by molar-refractivity contribution is 7.17. The summed E-state index contributed by atoms with van der Waals surface area (Å²) in [6.07, 6.45) is 0.359. The van der Waals surface area contributed by atoms with E-state index in [1.807, 2.05) is 38.1 Å². The molecule has 1 amide bonds. The monoisotopic (exact) mass is 317 g/mol. The second-order valence-corrected chi connectivity index (χ2v) is 6.22. The number of ether oxygens (including phenoxy) is 1. The number of aryl methyl sites for hydroxylation is 2. The molecular weight excluding hydrogens is 298 g/mol. The fraction of sp³-hybridized carbons (Fsp3) is 0.294. The molecule has 0 aliphatic rings. The minimum atomic E-state index is -0.439. The van der Waals surface area contributed by atoms with Gasteiger partial charge >= 0.3 is 5.97 Å². The predicted molar refractivity (Wildman–Crippen MR) is 89.5 cm³/mol. The second kappa shape index (κ2) is 6.75. The van der Waals surface area contributed by atoms with Crippen molar-refractivity contribution >= 4 is 28.2 Å². The van der Waals surface area contributed by atoms with Crippen LogP contribution in [0.2, 0.25) is 0 Å². The van der Waals surface area contributed by atoms with Crippen LogP contribution in [0.1, 0.15) is 34.1 Å². The maximum Gasteiger partial charge on any atom is 0.341 e. The summed E-state index contributed by atoms with van der Waals surface area (Å²) in [6.45, 7) is 5.72. The zero-order valence-corrected chi connectivity index (χ0v) is 14.0. The van der Waals surface area contributed by atoms with Crippen LogP contribution in [0.5, 0.6) is 0 Å². The number of anilines is 1. The van der Waals surface area contributed by atoms with Crippen molar-refractivity contribution in [2.75, 3.05) is 12.4 Å². The van der Waals surface area contributed by atoms with Gasteiger partial charge in [-0.1, -0.05) is 36.8 Å². The van der Waals surface area contributed by atoms with E-state index in [0.29, 0.717) is 17.0 Å². The van der Waals surface area contributed by atoms with Crippen LogP contribution in [-0.2, 0) is 9.53 Å². The van der Waals surface area contributed by atoms with E-state index in [0.717, 1.165) is 21.6 Å². The molecule has 0 unspecified atom stereocenters. The molecule has 0 aliphatic heterocycles. The number of carbonyl (C=O) groups excluding carboxylic acids is 2. The van der Waals surface area contributed by atoms with Crippen molar-refractivity contribution in [2.24, 2.45) is 0 Å². The zero-order chi connectivity index (χ0) is 16.3. The van der Waals surface area contributed by atoms with Gasteiger partial charge in [-0.3, -0.25) is 4.79 Å². The molecule has 1 aromatic carbocycles. The van der Waals surface area contributed by atoms with Crippen LogP contribution in [0.3, 0.4) is 0 Å². The quantitative estimate of drug-likeness (QED) is 0.861. The zero-order valence-electron chi connectivity index (χ0n) is 13.1. The van der Waals surface area contributed by atoms with Crippen molar-refractivity contribution in [3.63, 3.8) is 0 Å². The molecule has 1 aromatic heterocycles. The molecule has 2 aromatic rings. The van der Waals surface area contributed by atoms with Crippen LogP contribution in [0.4, 0.5) is 5.00 Å². The first-order chi connectivity index (χ1) is 10.5. The van der Waals surface area contributed by atoms with E-state index in [1.54, 1.807) is 6.92 Å². The number of amides is 1. The smallest absolute Gasteiger partial charge is 0.341 e. The molecule has 0 aliphatic carbocycles. The Labute approximate surface area is 134 Å². The number of hydrogen-bond acceptors (Lipinski definition) is 4. The molecule has 0 saturated heterocycles. The molecule has 5 heteroatoms. The number of nitrogens with one attached hydrogen (secondary N) is 1. The number of rotatable bonds is 4. The summed E-state index contributed by atoms with van der Waals surface area (Å²) in [5.41, 5.74) is 3.34. The van der Waals surface area contributed by atoms with Gasteiger partial charge in [0.25, 0.3) is 0 Å². The first-order valence-electron chi connectivity index (χ1n) is 7.06. The summed E-state index contributed by atoms with van der Waals surface area (Å²) in [5.74, 6) is -0.562. The fourth-order valence-electron chi connectivity index (χ4n) is 2.21. The van der Waals surface area contributed by atoms with E-state index in [1.165, 1.54) is 18.4 Å². The summed E-state index contributed by atoms with van der Waals surface area (Å²) in [4.78, 5) is 24.9. The van der Waals surface area contributed by atoms with Crippen LogP contribution in [0, 0.1) is 13.8 Å². The molecule has 0 saturated carbocycles. The molecule has 0 atom stereocenters. The summed E-state index contributed by atoms with van der Waals surface area (Å²) >= 11 is 1.39. The Kier molecular flexibility index (Phi) is 4.98. The van der Waals surface area contributed by atoms with E-state index in [9.17, 15) is 9.59 Å². The molecule has 0 fully saturated rings. The minimum Gasteiger partial charge on any atom is -0.465 e. The van der Waals surface area contributed by atoms with Crippen LogP contribution >= 0.6 is 11.3 Å². The van der Waals surface area contributed by atoms with Crippen molar-refractivity contribution in [1.82, 2.24) is 0 Å². The molecule has 1 heterocycles. The number of carbonyl (C=O) groups is 2. The van der Waals surface area contributed by atoms with Crippen LogP contribution in [-0.4, -0.2) is 19.0 Å². The Bertz CT molecular complexity index is 701. The van der Waals surface area contributed by atoms with Crippen molar-refractivity contribution in [2.45, 2.75) is 27.2 Å². The van der Waals surface area contributed by atoms with E-state index in [2.05, 4.69) is 5.32 Å². The number of hydrogen-bond donors (Lipinski definition) is 1. The van der Waals surface area contributed by atoms with Crippen LogP contribution in [0.25, 0.3) is 11.1 Å². The highest BCUT2D eigenvalue weighted by Gasteiger charge is 2.24. The average Bonchev–Trinajstić information content (AvgIpc) is 2.83. The van der Waals surface area contributed by atoms with Gasteiger partial charge in [0.15, 0.2) is 0 Å². The first-order valence-corrected chi connectivity index (χ1v) is 7.88. The molecular formula is C17H19NO3S. The maximum absolute atomic E-state index is 12.2. The number of benzene rings is 1. The molecule has 22 heavy (non-hydrogen) atoms. The topological polar surface area (TPSA) is 55.4 Å². The van der Waals surface area contributed by atoms with Crippen molar-refractivity contribution < 1.29 is 14.3 Å². The largest absolute Gasteiger partial charge is 0.465 e. The number of methoxy groups -OCH3 is 1. The second-order valence-electron chi connectivity index (χ2n) is 5.00. The summed E-state index contributed by atoms with van der Waals surface area (Å²) < 4.78 is 4.91. The predicted octanol–water partition coefficient (Wildman–Crippen LogP) is 4.17. The van der Waals surface area contributed by atoms with Crippen molar-refractivity contribution in [3.8, 4) is 11.1 Å². The third kappa shape index (κ3) is 3.20. The van der Waals surface area contributed by atoms with Crippen molar-refractivity contribution in [3.05, 3.63) is 40.3 Å². The number of thiophene rings is 1. The maximum atomic E-state index is 12.2. The van der Waals surface area contributed by atoms with Gasteiger partial charge in [-0.15, -0.1) is 11.3 Å². The van der Waals surface area contributed by atoms with Gasteiger partial charge < -0.3 is 10.1 Å². The summed E-state index contributed by atoms with van der Waals surface area (Å²) in [5, 5.41) is 3.34. The fourth-order valence-corrected chi connectivity index (χ4v) is 3.29. The first kappa shape index (κ1) is 16.2. The van der Waals surface area contributed by atoms with E-state index >= 15 is 0 Å². The lowest BCUT2D eigenvalue weighted by molar-refractivity contribution is -0.115. The molecule has 4 nitrogen and oxygen atoms in total. The van der Waals surface area contributed by atoms with Crippen LogP contribution < -0.4 is 5.32 Å². The van der Waals surface area contributed by atoms with Crippen molar-refractivity contribution in [1.29, 1.82) is 0 Å². The Morgan fingerprint density at radius 2 is 1.82 bits per heavy atom. The van der Waals surface area contributed by atoms with Crippen LogP contribution in [0.15, 0.2) is 24.3 Å². The number of esters is 1. The lowest BCUT2D eigenvalue weighted by Crippen LogP contribution is -2.12. The normalized spacial score (nSPS) is 10.4. The lowest BCUT2D eigenvalue weighted by atomic mass is 10.0. The summed E-state index contributed by atoms with van der Waals surface area (Å²) in [6, 6.07) is 7.94. The van der Waals surface area contributed by atoms with Gasteiger partial charge in [-0.25, -0.2) is 4.79 Å². The van der Waals surface area contributed by atoms with E-state index in [-0.39, 0.29) is 5.91 Å². The third-order valence-corrected chi connectivity index (χ3v) is 4.41. The highest BCUT2D eigenvalue weighted by atomic mass is 32.1. The molecule has 0 spiro atoms. The van der Waals surface area contributed by atoms with Gasteiger partial charge in [0.2, 0.25) is 5.91 Å². The van der Waals surface area contributed by atoms with Gasteiger partial charge in [0.05, 0.1) is 7.11 Å². The SMILES string of the molecule is CCC(=O)Nc1sc(C)c(-c2ccc(C)cc2)c1C(=O)OC. The lowest BCUT2D eigenvalue weighted by Gasteiger charge is -2.08. The Hall–Kier alpha value is -2.14. The summed E-state index contributed by atoms with van der Waals surface area (Å²) in [7, 11) is 1.35. The standard InChI is InChI=1S/C17H19NO3S/c1-5-13(19)18-16-15(17(20)21-4)14(11(3)22-16)12-8-6-10(2)7-9-12/h6-9H,5H2,1-4H3,(H,18,19). The molecule has 116 valence electrons. The van der Waals surface area contributed by atoms with Gasteiger partial charge in [0, 0.05) is 16.9 Å². The minimum absolute atomic E-state index is 0.123. The van der Waals surface area contributed by atoms with Gasteiger partial charge in [-0.2, -0.15) is 0 Å². The van der Waals surface area contributed by atoms with Gasteiger partial charge in [-0.05, 0) is 19.4 Å². The molecule has 0 radical (unpaired) electrons. The molecule has 2 rings (SSSR count). The highest BCUT2D eigenvalue weighted by Crippen LogP contribution is 2.40. The third-order valence-electron chi connectivity index (χ3n) is 3.39. The average molecular weight is 317 g/mol.